The van der Waals surface area contributed by atoms with Gasteiger partial charge in [-0.3, -0.25) is 14.6 Å². The number of aromatic nitrogens is 1. The lowest BCUT2D eigenvalue weighted by atomic mass is 10.0. The molecule has 0 aliphatic carbocycles. The Morgan fingerprint density at radius 1 is 0.811 bits per heavy atom. The van der Waals surface area contributed by atoms with Crippen LogP contribution < -0.4 is 10.6 Å². The Kier molecular flexibility index (Phi) is 17.7. The molecule has 0 spiro atoms. The highest BCUT2D eigenvalue weighted by Gasteiger charge is 2.21. The van der Waals surface area contributed by atoms with Crippen LogP contribution in [-0.4, -0.2) is 28.9 Å². The maximum absolute atomic E-state index is 12.3. The summed E-state index contributed by atoms with van der Waals surface area (Å²) in [5, 5.41) is 5.83. The molecule has 0 aliphatic rings. The van der Waals surface area contributed by atoms with Crippen molar-refractivity contribution in [2.75, 3.05) is 6.54 Å². The number of rotatable bonds is 18. The molecule has 37 heavy (non-hydrogen) atoms. The van der Waals surface area contributed by atoms with Crippen molar-refractivity contribution in [1.82, 2.24) is 15.6 Å². The molecule has 1 aromatic rings. The summed E-state index contributed by atoms with van der Waals surface area (Å²) in [5.74, 6) is -0.228. The number of carbonyl (C=O) groups excluding carboxylic acids is 2. The molecule has 1 heterocycles. The van der Waals surface area contributed by atoms with E-state index in [9.17, 15) is 9.59 Å². The summed E-state index contributed by atoms with van der Waals surface area (Å²) in [6.07, 6.45) is 36.1. The van der Waals surface area contributed by atoms with Crippen LogP contribution in [-0.2, 0) is 4.79 Å². The van der Waals surface area contributed by atoms with Gasteiger partial charge in [-0.2, -0.15) is 0 Å². The second kappa shape index (κ2) is 20.7. The minimum absolute atomic E-state index is 0.0276. The molecule has 1 rings (SSSR count). The van der Waals surface area contributed by atoms with Crippen LogP contribution in [0, 0.1) is 0 Å². The predicted octanol–water partition coefficient (Wildman–Crippen LogP) is 7.18. The maximum atomic E-state index is 12.3. The Morgan fingerprint density at radius 3 is 1.81 bits per heavy atom. The number of hydrogen-bond acceptors (Lipinski definition) is 3. The molecule has 0 unspecified atom stereocenters. The van der Waals surface area contributed by atoms with E-state index in [4.69, 9.17) is 0 Å². The number of carbonyl (C=O) groups is 2. The van der Waals surface area contributed by atoms with Gasteiger partial charge in [0.1, 0.15) is 0 Å². The molecule has 5 nitrogen and oxygen atoms in total. The topological polar surface area (TPSA) is 71.1 Å². The molecule has 5 heteroatoms. The van der Waals surface area contributed by atoms with Crippen molar-refractivity contribution >= 4 is 11.8 Å². The van der Waals surface area contributed by atoms with E-state index in [1.807, 2.05) is 19.9 Å². The van der Waals surface area contributed by atoms with Crippen molar-refractivity contribution in [1.29, 1.82) is 0 Å². The lowest BCUT2D eigenvalue weighted by Gasteiger charge is -2.26. The molecule has 0 saturated heterocycles. The van der Waals surface area contributed by atoms with Gasteiger partial charge in [-0.1, -0.05) is 79.8 Å². The molecule has 2 N–H and O–H groups in total. The standard InChI is InChI=1S/C32H45N3O2/c1-4-5-6-7-8-9-10-11-12-13-14-15-16-17-18-19-20-21-22-25-30(36)35-32(2,3)28-34-31(37)29-24-23-26-33-27-29/h5-6,8-9,11-12,14-15,17-18,20-21,23-24,26-27H,4,7,10,13,16,19,22,25,28H2,1-3H3,(H,34,37)(H,35,36). The van der Waals surface area contributed by atoms with Crippen molar-refractivity contribution in [3.05, 3.63) is 103 Å². The third-order valence-electron chi connectivity index (χ3n) is 5.23. The summed E-state index contributed by atoms with van der Waals surface area (Å²) in [6.45, 7) is 6.28. The molecule has 0 aromatic carbocycles. The number of nitrogens with zero attached hydrogens (tertiary/aromatic N) is 1. The lowest BCUT2D eigenvalue weighted by molar-refractivity contribution is -0.122. The Hall–Kier alpha value is -3.47. The van der Waals surface area contributed by atoms with Gasteiger partial charge in [0.2, 0.25) is 5.91 Å². The zero-order valence-electron chi connectivity index (χ0n) is 22.9. The first-order chi connectivity index (χ1) is 17.9. The van der Waals surface area contributed by atoms with Gasteiger partial charge >= 0.3 is 0 Å². The molecule has 0 saturated carbocycles. The second-order valence-electron chi connectivity index (χ2n) is 9.31. The van der Waals surface area contributed by atoms with Crippen LogP contribution in [0.25, 0.3) is 0 Å². The number of nitrogens with one attached hydrogen (secondary N) is 2. The highest BCUT2D eigenvalue weighted by molar-refractivity contribution is 5.93. The van der Waals surface area contributed by atoms with Crippen molar-refractivity contribution in [2.45, 2.75) is 77.7 Å². The molecule has 0 radical (unpaired) electrons. The van der Waals surface area contributed by atoms with Gasteiger partial charge in [-0.15, -0.1) is 0 Å². The average Bonchev–Trinajstić information content (AvgIpc) is 2.89. The van der Waals surface area contributed by atoms with Gasteiger partial charge < -0.3 is 10.6 Å². The predicted molar refractivity (Wildman–Crippen MR) is 156 cm³/mol. The Bertz CT molecular complexity index is 938. The first-order valence-electron chi connectivity index (χ1n) is 13.3. The maximum Gasteiger partial charge on any atom is 0.252 e. The van der Waals surface area contributed by atoms with Crippen molar-refractivity contribution in [3.63, 3.8) is 0 Å². The molecule has 0 fully saturated rings. The third kappa shape index (κ3) is 18.5. The molecule has 0 bridgehead atoms. The molecule has 0 atom stereocenters. The largest absolute Gasteiger partial charge is 0.350 e. The fourth-order valence-electron chi connectivity index (χ4n) is 3.24. The average molecular weight is 504 g/mol. The fraction of sp³-hybridized carbons (Fsp3) is 0.406. The van der Waals surface area contributed by atoms with E-state index in [1.54, 1.807) is 18.3 Å². The van der Waals surface area contributed by atoms with Gasteiger partial charge in [0.05, 0.1) is 11.1 Å². The van der Waals surface area contributed by atoms with Crippen LogP contribution in [0.5, 0.6) is 0 Å². The third-order valence-corrected chi connectivity index (χ3v) is 5.23. The summed E-state index contributed by atoms with van der Waals surface area (Å²) < 4.78 is 0. The van der Waals surface area contributed by atoms with Crippen LogP contribution in [0.3, 0.4) is 0 Å². The Balaban J connectivity index is 2.09. The molecule has 200 valence electrons. The van der Waals surface area contributed by atoms with Gasteiger partial charge in [-0.25, -0.2) is 0 Å². The van der Waals surface area contributed by atoms with Crippen molar-refractivity contribution in [2.24, 2.45) is 0 Å². The van der Waals surface area contributed by atoms with E-state index in [1.165, 1.54) is 6.20 Å². The van der Waals surface area contributed by atoms with Crippen LogP contribution >= 0.6 is 0 Å². The summed E-state index contributed by atoms with van der Waals surface area (Å²) >= 11 is 0. The fourth-order valence-corrected chi connectivity index (χ4v) is 3.24. The summed E-state index contributed by atoms with van der Waals surface area (Å²) in [4.78, 5) is 28.4. The van der Waals surface area contributed by atoms with Crippen LogP contribution in [0.2, 0.25) is 0 Å². The highest BCUT2D eigenvalue weighted by atomic mass is 16.2. The highest BCUT2D eigenvalue weighted by Crippen LogP contribution is 2.04. The monoisotopic (exact) mass is 503 g/mol. The number of hydrogen-bond donors (Lipinski definition) is 2. The minimum Gasteiger partial charge on any atom is -0.350 e. The van der Waals surface area contributed by atoms with E-state index in [0.29, 0.717) is 24.9 Å². The van der Waals surface area contributed by atoms with Gasteiger partial charge in [-0.05, 0) is 70.9 Å². The molecular weight excluding hydrogens is 458 g/mol. The number of pyridine rings is 1. The van der Waals surface area contributed by atoms with Crippen LogP contribution in [0.15, 0.2) is 97.4 Å². The van der Waals surface area contributed by atoms with E-state index in [2.05, 4.69) is 89.4 Å². The van der Waals surface area contributed by atoms with Crippen LogP contribution in [0.4, 0.5) is 0 Å². The quantitative estimate of drug-likeness (QED) is 0.208. The normalized spacial score (nSPS) is 12.7. The molecule has 2 amide bonds. The zero-order valence-corrected chi connectivity index (χ0v) is 22.9. The van der Waals surface area contributed by atoms with Crippen LogP contribution in [0.1, 0.15) is 82.5 Å². The zero-order chi connectivity index (χ0) is 27.0. The van der Waals surface area contributed by atoms with E-state index in [-0.39, 0.29) is 11.8 Å². The minimum atomic E-state index is -0.534. The summed E-state index contributed by atoms with van der Waals surface area (Å²) in [5.41, 5.74) is -0.0322. The van der Waals surface area contributed by atoms with Gasteiger partial charge in [0, 0.05) is 25.4 Å². The Morgan fingerprint density at radius 2 is 1.32 bits per heavy atom. The molecule has 1 aromatic heterocycles. The summed E-state index contributed by atoms with van der Waals surface area (Å²) in [7, 11) is 0. The molecular formula is C32H45N3O2. The smallest absolute Gasteiger partial charge is 0.252 e. The number of amides is 2. The van der Waals surface area contributed by atoms with Crippen molar-refractivity contribution in [3.8, 4) is 0 Å². The van der Waals surface area contributed by atoms with E-state index in [0.717, 1.165) is 38.5 Å². The molecule has 0 aliphatic heterocycles. The van der Waals surface area contributed by atoms with Gasteiger partial charge in [0.25, 0.3) is 5.91 Å². The van der Waals surface area contributed by atoms with Crippen molar-refractivity contribution < 1.29 is 9.59 Å². The Labute approximate surface area is 224 Å². The SMILES string of the molecule is CCC=CCC=CCC=CCC=CCC=CCC=CCCC(=O)NC(C)(C)CNC(=O)c1cccnc1. The first-order valence-corrected chi connectivity index (χ1v) is 13.3. The second-order valence-corrected chi connectivity index (χ2v) is 9.31. The van der Waals surface area contributed by atoms with E-state index < -0.39 is 5.54 Å². The first kappa shape index (κ1) is 31.6. The number of allylic oxidation sites excluding steroid dienone is 12. The van der Waals surface area contributed by atoms with E-state index >= 15 is 0 Å². The lowest BCUT2D eigenvalue weighted by Crippen LogP contribution is -2.51. The van der Waals surface area contributed by atoms with Gasteiger partial charge in [0.15, 0.2) is 0 Å². The summed E-state index contributed by atoms with van der Waals surface area (Å²) in [6, 6.07) is 3.43.